The van der Waals surface area contributed by atoms with Gasteiger partial charge in [0.15, 0.2) is 0 Å². The molecule has 0 aliphatic carbocycles. The predicted octanol–water partition coefficient (Wildman–Crippen LogP) is 1.82. The fourth-order valence-corrected chi connectivity index (χ4v) is 2.07. The van der Waals surface area contributed by atoms with E-state index in [1.807, 2.05) is 0 Å². The van der Waals surface area contributed by atoms with Crippen molar-refractivity contribution in [1.82, 2.24) is 10.6 Å². The Balaban J connectivity index is 2.21. The van der Waals surface area contributed by atoms with Crippen molar-refractivity contribution in [3.05, 3.63) is 0 Å². The summed E-state index contributed by atoms with van der Waals surface area (Å²) < 4.78 is 0. The topological polar surface area (TPSA) is 41.1 Å². The highest BCUT2D eigenvalue weighted by atomic mass is 16.1. The monoisotopic (exact) mass is 212 g/mol. The van der Waals surface area contributed by atoms with Crippen molar-refractivity contribution in [2.24, 2.45) is 0 Å². The van der Waals surface area contributed by atoms with Gasteiger partial charge in [0, 0.05) is 18.5 Å². The highest BCUT2D eigenvalue weighted by Gasteiger charge is 2.20. The van der Waals surface area contributed by atoms with Gasteiger partial charge < -0.3 is 10.6 Å². The molecule has 88 valence electrons. The maximum Gasteiger partial charge on any atom is 0.220 e. The Morgan fingerprint density at radius 3 is 2.93 bits per heavy atom. The second-order valence-corrected chi connectivity index (χ2v) is 4.52. The van der Waals surface area contributed by atoms with E-state index >= 15 is 0 Å². The van der Waals surface area contributed by atoms with Crippen LogP contribution >= 0.6 is 0 Å². The third kappa shape index (κ3) is 4.65. The molecule has 1 saturated heterocycles. The molecule has 3 nitrogen and oxygen atoms in total. The van der Waals surface area contributed by atoms with Crippen LogP contribution in [0.2, 0.25) is 0 Å². The van der Waals surface area contributed by atoms with Crippen LogP contribution in [0.1, 0.15) is 52.4 Å². The third-order valence-electron chi connectivity index (χ3n) is 3.10. The SMILES string of the molecule is CCCCC(=O)NC(C)C1CCCCN1. The van der Waals surface area contributed by atoms with Gasteiger partial charge in [-0.1, -0.05) is 19.8 Å². The van der Waals surface area contributed by atoms with Crippen LogP contribution < -0.4 is 10.6 Å². The standard InChI is InChI=1S/C12H24N2O/c1-3-4-8-12(15)14-10(2)11-7-5-6-9-13-11/h10-11,13H,3-9H2,1-2H3,(H,14,15). The van der Waals surface area contributed by atoms with Crippen LogP contribution in [0.25, 0.3) is 0 Å². The lowest BCUT2D eigenvalue weighted by Crippen LogP contribution is -2.50. The summed E-state index contributed by atoms with van der Waals surface area (Å²) in [5.41, 5.74) is 0. The number of carbonyl (C=O) groups is 1. The van der Waals surface area contributed by atoms with E-state index in [1.165, 1.54) is 19.3 Å². The van der Waals surface area contributed by atoms with E-state index in [2.05, 4.69) is 24.5 Å². The van der Waals surface area contributed by atoms with Crippen LogP contribution in [0.5, 0.6) is 0 Å². The van der Waals surface area contributed by atoms with E-state index in [9.17, 15) is 4.79 Å². The summed E-state index contributed by atoms with van der Waals surface area (Å²) in [6.07, 6.45) is 6.50. The van der Waals surface area contributed by atoms with Crippen molar-refractivity contribution in [2.75, 3.05) is 6.54 Å². The quantitative estimate of drug-likeness (QED) is 0.730. The lowest BCUT2D eigenvalue weighted by Gasteiger charge is -2.29. The van der Waals surface area contributed by atoms with Crippen molar-refractivity contribution in [3.8, 4) is 0 Å². The fourth-order valence-electron chi connectivity index (χ4n) is 2.07. The molecule has 15 heavy (non-hydrogen) atoms. The molecule has 2 unspecified atom stereocenters. The molecule has 0 saturated carbocycles. The van der Waals surface area contributed by atoms with E-state index in [0.717, 1.165) is 19.4 Å². The first-order valence-corrected chi connectivity index (χ1v) is 6.26. The Labute approximate surface area is 93.0 Å². The molecule has 2 atom stereocenters. The first-order chi connectivity index (χ1) is 7.24. The van der Waals surface area contributed by atoms with E-state index < -0.39 is 0 Å². The average Bonchev–Trinajstić information content (AvgIpc) is 2.27. The summed E-state index contributed by atoms with van der Waals surface area (Å²) in [5, 5.41) is 6.55. The number of piperidine rings is 1. The number of unbranched alkanes of at least 4 members (excludes halogenated alkanes) is 1. The minimum Gasteiger partial charge on any atom is -0.352 e. The molecule has 1 heterocycles. The van der Waals surface area contributed by atoms with Gasteiger partial charge >= 0.3 is 0 Å². The maximum absolute atomic E-state index is 11.5. The molecule has 0 radical (unpaired) electrons. The Kier molecular flexibility index (Phi) is 5.69. The second kappa shape index (κ2) is 6.83. The Morgan fingerprint density at radius 2 is 2.33 bits per heavy atom. The van der Waals surface area contributed by atoms with Crippen molar-refractivity contribution >= 4 is 5.91 Å². The number of carbonyl (C=O) groups excluding carboxylic acids is 1. The average molecular weight is 212 g/mol. The first kappa shape index (κ1) is 12.5. The lowest BCUT2D eigenvalue weighted by molar-refractivity contribution is -0.122. The van der Waals surface area contributed by atoms with Gasteiger partial charge in [-0.05, 0) is 32.7 Å². The molecule has 1 fully saturated rings. The molecule has 1 aliphatic rings. The molecule has 0 bridgehead atoms. The zero-order chi connectivity index (χ0) is 11.1. The van der Waals surface area contributed by atoms with Crippen molar-refractivity contribution in [1.29, 1.82) is 0 Å². The van der Waals surface area contributed by atoms with Crippen LogP contribution in [0, 0.1) is 0 Å². The van der Waals surface area contributed by atoms with Gasteiger partial charge in [-0.15, -0.1) is 0 Å². The zero-order valence-electron chi connectivity index (χ0n) is 10.0. The molecule has 1 amide bonds. The van der Waals surface area contributed by atoms with Gasteiger partial charge in [-0.2, -0.15) is 0 Å². The smallest absolute Gasteiger partial charge is 0.220 e. The molecule has 3 heteroatoms. The molecule has 0 aromatic carbocycles. The van der Waals surface area contributed by atoms with Gasteiger partial charge in [0.2, 0.25) is 5.91 Å². The van der Waals surface area contributed by atoms with Gasteiger partial charge in [-0.3, -0.25) is 4.79 Å². The molecule has 0 aromatic rings. The predicted molar refractivity (Wildman–Crippen MR) is 62.8 cm³/mol. The number of nitrogens with one attached hydrogen (secondary N) is 2. The van der Waals surface area contributed by atoms with E-state index in [4.69, 9.17) is 0 Å². The summed E-state index contributed by atoms with van der Waals surface area (Å²) >= 11 is 0. The van der Waals surface area contributed by atoms with Crippen molar-refractivity contribution in [2.45, 2.75) is 64.5 Å². The zero-order valence-corrected chi connectivity index (χ0v) is 10.0. The van der Waals surface area contributed by atoms with Crippen molar-refractivity contribution < 1.29 is 4.79 Å². The second-order valence-electron chi connectivity index (χ2n) is 4.52. The van der Waals surface area contributed by atoms with Crippen LogP contribution in [0.3, 0.4) is 0 Å². The van der Waals surface area contributed by atoms with E-state index in [-0.39, 0.29) is 11.9 Å². The number of amides is 1. The van der Waals surface area contributed by atoms with Crippen LogP contribution in [-0.4, -0.2) is 24.5 Å². The van der Waals surface area contributed by atoms with Crippen molar-refractivity contribution in [3.63, 3.8) is 0 Å². The molecule has 0 spiro atoms. The van der Waals surface area contributed by atoms with Gasteiger partial charge in [0.25, 0.3) is 0 Å². The Hall–Kier alpha value is -0.570. The largest absolute Gasteiger partial charge is 0.352 e. The first-order valence-electron chi connectivity index (χ1n) is 6.26. The third-order valence-corrected chi connectivity index (χ3v) is 3.10. The molecule has 0 aromatic heterocycles. The summed E-state index contributed by atoms with van der Waals surface area (Å²) in [5.74, 6) is 0.205. The molecule has 2 N–H and O–H groups in total. The van der Waals surface area contributed by atoms with Crippen LogP contribution in [-0.2, 0) is 4.79 Å². The number of rotatable bonds is 5. The minimum atomic E-state index is 0.205. The summed E-state index contributed by atoms with van der Waals surface area (Å²) in [6.45, 7) is 5.31. The van der Waals surface area contributed by atoms with Crippen LogP contribution in [0.15, 0.2) is 0 Å². The molecular formula is C12H24N2O. The summed E-state index contributed by atoms with van der Waals surface area (Å²) in [6, 6.07) is 0.749. The number of hydrogen-bond donors (Lipinski definition) is 2. The highest BCUT2D eigenvalue weighted by Crippen LogP contribution is 2.10. The molecular weight excluding hydrogens is 188 g/mol. The van der Waals surface area contributed by atoms with E-state index in [0.29, 0.717) is 12.5 Å². The number of hydrogen-bond acceptors (Lipinski definition) is 2. The minimum absolute atomic E-state index is 0.205. The summed E-state index contributed by atoms with van der Waals surface area (Å²) in [4.78, 5) is 11.5. The Morgan fingerprint density at radius 1 is 1.53 bits per heavy atom. The highest BCUT2D eigenvalue weighted by molar-refractivity contribution is 5.76. The van der Waals surface area contributed by atoms with Gasteiger partial charge in [-0.25, -0.2) is 0 Å². The molecule has 1 aliphatic heterocycles. The molecule has 1 rings (SSSR count). The summed E-state index contributed by atoms with van der Waals surface area (Å²) in [7, 11) is 0. The van der Waals surface area contributed by atoms with E-state index in [1.54, 1.807) is 0 Å². The normalized spacial score (nSPS) is 23.5. The Bertz CT molecular complexity index is 188. The van der Waals surface area contributed by atoms with Gasteiger partial charge in [0.1, 0.15) is 0 Å². The lowest BCUT2D eigenvalue weighted by atomic mass is 9.99. The maximum atomic E-state index is 11.5. The fraction of sp³-hybridized carbons (Fsp3) is 0.917. The van der Waals surface area contributed by atoms with Gasteiger partial charge in [0.05, 0.1) is 0 Å². The van der Waals surface area contributed by atoms with Crippen LogP contribution in [0.4, 0.5) is 0 Å².